The molecule has 1 aromatic heterocycles. The van der Waals surface area contributed by atoms with Gasteiger partial charge < -0.3 is 25.1 Å². The van der Waals surface area contributed by atoms with Crippen LogP contribution >= 0.6 is 24.0 Å². The number of furan rings is 1. The Bertz CT molecular complexity index is 850. The fraction of sp³-hybridized carbons (Fsp3) is 0.500. The lowest BCUT2D eigenvalue weighted by Crippen LogP contribution is -2.44. The zero-order chi connectivity index (χ0) is 21.6. The average molecular weight is 532 g/mol. The number of hydrogen-bond donors (Lipinski definition) is 3. The summed E-state index contributed by atoms with van der Waals surface area (Å²) in [5, 5.41) is 17.2. The molecular weight excluding hydrogens is 498 g/mol. The van der Waals surface area contributed by atoms with Crippen molar-refractivity contribution in [3.63, 3.8) is 0 Å². The number of halogens is 2. The maximum absolute atomic E-state index is 14.0. The minimum Gasteiger partial charge on any atom is -0.466 e. The molecule has 0 spiro atoms. The predicted octanol–water partition coefficient (Wildman–Crippen LogP) is 3.68. The highest BCUT2D eigenvalue weighted by Crippen LogP contribution is 2.26. The molecule has 3 N–H and O–H groups in total. The van der Waals surface area contributed by atoms with Crippen molar-refractivity contribution in [3.05, 3.63) is 58.3 Å². The Morgan fingerprint density at radius 2 is 1.93 bits per heavy atom. The van der Waals surface area contributed by atoms with Crippen LogP contribution in [0.25, 0.3) is 0 Å². The van der Waals surface area contributed by atoms with Crippen LogP contribution in [0.1, 0.15) is 42.1 Å². The molecule has 0 saturated heterocycles. The fourth-order valence-electron chi connectivity index (χ4n) is 3.22. The number of aryl methyl sites for hydroxylation is 2. The summed E-state index contributed by atoms with van der Waals surface area (Å²) >= 11 is 0. The van der Waals surface area contributed by atoms with E-state index in [1.54, 1.807) is 13.0 Å². The van der Waals surface area contributed by atoms with Crippen LogP contribution in [-0.2, 0) is 18.7 Å². The Kier molecular flexibility index (Phi) is 10.3. The van der Waals surface area contributed by atoms with Crippen LogP contribution in [0.2, 0.25) is 0 Å². The third-order valence-electron chi connectivity index (χ3n) is 4.58. The summed E-state index contributed by atoms with van der Waals surface area (Å²) in [6.45, 7) is 9.33. The standard InChI is InChI=1S/C22H33FN4O2.HI/c1-7-24-21(26-14-22(4,28)19-10-15(2)29-16(19)3)25-12-17-8-9-20(23)18(11-17)13-27(5)6;/h8-11,28H,7,12-14H2,1-6H3,(H2,24,25,26);1H. The Morgan fingerprint density at radius 3 is 2.50 bits per heavy atom. The van der Waals surface area contributed by atoms with Crippen LogP contribution in [0, 0.1) is 19.7 Å². The fourth-order valence-corrected chi connectivity index (χ4v) is 3.22. The Labute approximate surface area is 196 Å². The molecule has 1 atom stereocenters. The van der Waals surface area contributed by atoms with Crippen molar-refractivity contribution in [2.45, 2.75) is 46.4 Å². The predicted molar refractivity (Wildman–Crippen MR) is 130 cm³/mol. The molecule has 0 amide bonds. The molecule has 30 heavy (non-hydrogen) atoms. The smallest absolute Gasteiger partial charge is 0.191 e. The number of guanidine groups is 1. The average Bonchev–Trinajstić information content (AvgIpc) is 2.98. The molecule has 2 aromatic rings. The van der Waals surface area contributed by atoms with Gasteiger partial charge in [-0.2, -0.15) is 0 Å². The maximum atomic E-state index is 14.0. The zero-order valence-corrected chi connectivity index (χ0v) is 21.0. The van der Waals surface area contributed by atoms with Gasteiger partial charge in [-0.3, -0.25) is 0 Å². The molecule has 0 saturated carbocycles. The molecule has 0 fully saturated rings. The molecule has 1 unspecified atom stereocenters. The summed E-state index contributed by atoms with van der Waals surface area (Å²) in [5.74, 6) is 1.85. The first-order valence-corrected chi connectivity index (χ1v) is 9.86. The van der Waals surface area contributed by atoms with Crippen LogP contribution in [0.15, 0.2) is 33.7 Å². The van der Waals surface area contributed by atoms with Crippen LogP contribution < -0.4 is 10.6 Å². The second-order valence-electron chi connectivity index (χ2n) is 7.81. The molecule has 1 heterocycles. The number of rotatable bonds is 8. The van der Waals surface area contributed by atoms with Crippen molar-refractivity contribution in [2.24, 2.45) is 4.99 Å². The van der Waals surface area contributed by atoms with E-state index in [4.69, 9.17) is 4.42 Å². The second kappa shape index (κ2) is 11.7. The van der Waals surface area contributed by atoms with Crippen molar-refractivity contribution >= 4 is 29.9 Å². The van der Waals surface area contributed by atoms with Gasteiger partial charge in [0.15, 0.2) is 5.96 Å². The maximum Gasteiger partial charge on any atom is 0.191 e. The lowest BCUT2D eigenvalue weighted by molar-refractivity contribution is 0.0601. The van der Waals surface area contributed by atoms with E-state index in [-0.39, 0.29) is 36.3 Å². The van der Waals surface area contributed by atoms with Crippen LogP contribution in [0.5, 0.6) is 0 Å². The Morgan fingerprint density at radius 1 is 1.23 bits per heavy atom. The van der Waals surface area contributed by atoms with Gasteiger partial charge in [-0.25, -0.2) is 9.38 Å². The van der Waals surface area contributed by atoms with Crippen molar-refractivity contribution in [1.29, 1.82) is 0 Å². The molecule has 168 valence electrons. The van der Waals surface area contributed by atoms with Crippen LogP contribution in [-0.4, -0.2) is 43.2 Å². The van der Waals surface area contributed by atoms with E-state index < -0.39 is 5.60 Å². The van der Waals surface area contributed by atoms with Gasteiger partial charge in [0.1, 0.15) is 22.9 Å². The number of aliphatic imine (C=N–C) groups is 1. The van der Waals surface area contributed by atoms with Gasteiger partial charge in [0.2, 0.25) is 0 Å². The largest absolute Gasteiger partial charge is 0.466 e. The highest BCUT2D eigenvalue weighted by atomic mass is 127. The number of nitrogens with zero attached hydrogens (tertiary/aromatic N) is 2. The third kappa shape index (κ3) is 7.55. The molecule has 0 aliphatic rings. The second-order valence-corrected chi connectivity index (χ2v) is 7.81. The summed E-state index contributed by atoms with van der Waals surface area (Å²) in [7, 11) is 3.82. The molecule has 0 radical (unpaired) electrons. The first-order chi connectivity index (χ1) is 13.6. The Balaban J connectivity index is 0.00000450. The summed E-state index contributed by atoms with van der Waals surface area (Å²) in [6.07, 6.45) is 0. The lowest BCUT2D eigenvalue weighted by Gasteiger charge is -2.24. The van der Waals surface area contributed by atoms with Gasteiger partial charge in [0.05, 0.1) is 13.1 Å². The number of nitrogens with one attached hydrogen (secondary N) is 2. The topological polar surface area (TPSA) is 73.0 Å². The first kappa shape index (κ1) is 26.4. The normalized spacial score (nSPS) is 13.7. The van der Waals surface area contributed by atoms with Crippen LogP contribution in [0.4, 0.5) is 4.39 Å². The number of aliphatic hydroxyl groups is 1. The summed E-state index contributed by atoms with van der Waals surface area (Å²) in [6, 6.07) is 6.93. The molecule has 6 nitrogen and oxygen atoms in total. The number of benzene rings is 1. The van der Waals surface area contributed by atoms with E-state index in [1.165, 1.54) is 6.07 Å². The molecule has 0 aliphatic carbocycles. The highest BCUT2D eigenvalue weighted by molar-refractivity contribution is 14.0. The molecule has 2 rings (SSSR count). The Hall–Kier alpha value is -1.65. The van der Waals surface area contributed by atoms with E-state index in [0.29, 0.717) is 36.9 Å². The monoisotopic (exact) mass is 532 g/mol. The van der Waals surface area contributed by atoms with E-state index in [1.807, 2.05) is 51.9 Å². The van der Waals surface area contributed by atoms with Gasteiger partial charge in [-0.1, -0.05) is 6.07 Å². The molecule has 8 heteroatoms. The quantitative estimate of drug-likeness (QED) is 0.275. The molecule has 0 aliphatic heterocycles. The van der Waals surface area contributed by atoms with E-state index in [9.17, 15) is 9.50 Å². The lowest BCUT2D eigenvalue weighted by atomic mass is 9.96. The molecular formula is C22H34FIN4O2. The highest BCUT2D eigenvalue weighted by Gasteiger charge is 2.27. The van der Waals surface area contributed by atoms with Gasteiger partial charge in [-0.05, 0) is 65.6 Å². The zero-order valence-electron chi connectivity index (χ0n) is 18.7. The minimum absolute atomic E-state index is 0. The number of hydrogen-bond acceptors (Lipinski definition) is 4. The summed E-state index contributed by atoms with van der Waals surface area (Å²) in [5.41, 5.74) is 1.22. The van der Waals surface area contributed by atoms with Gasteiger partial charge in [-0.15, -0.1) is 24.0 Å². The van der Waals surface area contributed by atoms with Crippen LogP contribution in [0.3, 0.4) is 0 Å². The van der Waals surface area contributed by atoms with Crippen molar-refractivity contribution in [3.8, 4) is 0 Å². The van der Waals surface area contributed by atoms with E-state index >= 15 is 0 Å². The van der Waals surface area contributed by atoms with Gasteiger partial charge in [0.25, 0.3) is 0 Å². The van der Waals surface area contributed by atoms with Crippen molar-refractivity contribution < 1.29 is 13.9 Å². The minimum atomic E-state index is -1.10. The SMILES string of the molecule is CCNC(=NCc1ccc(F)c(CN(C)C)c1)NCC(C)(O)c1cc(C)oc1C.I. The van der Waals surface area contributed by atoms with Crippen molar-refractivity contribution in [2.75, 3.05) is 27.2 Å². The third-order valence-corrected chi connectivity index (χ3v) is 4.58. The van der Waals surface area contributed by atoms with Gasteiger partial charge in [0, 0.05) is 24.2 Å². The van der Waals surface area contributed by atoms with E-state index in [2.05, 4.69) is 15.6 Å². The van der Waals surface area contributed by atoms with Crippen molar-refractivity contribution in [1.82, 2.24) is 15.5 Å². The summed E-state index contributed by atoms with van der Waals surface area (Å²) in [4.78, 5) is 6.51. The molecule has 1 aromatic carbocycles. The first-order valence-electron chi connectivity index (χ1n) is 9.86. The molecule has 0 bridgehead atoms. The van der Waals surface area contributed by atoms with Gasteiger partial charge >= 0.3 is 0 Å². The summed E-state index contributed by atoms with van der Waals surface area (Å²) < 4.78 is 19.5. The van der Waals surface area contributed by atoms with E-state index in [0.717, 1.165) is 16.9 Å².